The number of hydrogen-bond acceptors (Lipinski definition) is 6. The number of carbonyl (C=O) groups is 1. The van der Waals surface area contributed by atoms with E-state index in [0.717, 1.165) is 0 Å². The molecule has 1 saturated heterocycles. The van der Waals surface area contributed by atoms with E-state index in [0.29, 0.717) is 30.1 Å². The molecule has 0 aliphatic carbocycles. The number of aromatic nitrogens is 4. The predicted molar refractivity (Wildman–Crippen MR) is 101 cm³/mol. The average molecular weight is 381 g/mol. The van der Waals surface area contributed by atoms with E-state index in [2.05, 4.69) is 19.9 Å². The number of anilines is 1. The van der Waals surface area contributed by atoms with Gasteiger partial charge in [0.05, 0.1) is 6.33 Å². The van der Waals surface area contributed by atoms with Gasteiger partial charge in [-0.15, -0.1) is 0 Å². The van der Waals surface area contributed by atoms with Crippen LogP contribution in [0.2, 0.25) is 5.28 Å². The normalized spacial score (nSPS) is 21.3. The van der Waals surface area contributed by atoms with Crippen LogP contribution < -0.4 is 4.90 Å². The summed E-state index contributed by atoms with van der Waals surface area (Å²) in [5.41, 5.74) is 0.883. The molecule has 26 heavy (non-hydrogen) atoms. The molecule has 0 aromatic carbocycles. The molecule has 1 fully saturated rings. The fourth-order valence-corrected chi connectivity index (χ4v) is 3.32. The second-order valence-electron chi connectivity index (χ2n) is 7.83. The second-order valence-corrected chi connectivity index (χ2v) is 8.17. The number of imidazole rings is 1. The molecule has 9 heteroatoms. The van der Waals surface area contributed by atoms with Crippen LogP contribution in [-0.4, -0.2) is 61.3 Å². The van der Waals surface area contributed by atoms with E-state index in [9.17, 15) is 4.79 Å². The van der Waals surface area contributed by atoms with E-state index in [-0.39, 0.29) is 23.5 Å². The Morgan fingerprint density at radius 2 is 1.92 bits per heavy atom. The van der Waals surface area contributed by atoms with Crippen molar-refractivity contribution in [1.29, 1.82) is 0 Å². The highest BCUT2D eigenvalue weighted by molar-refractivity contribution is 6.28. The van der Waals surface area contributed by atoms with Crippen LogP contribution in [0.25, 0.3) is 11.2 Å². The summed E-state index contributed by atoms with van der Waals surface area (Å²) in [4.78, 5) is 29.5. The summed E-state index contributed by atoms with van der Waals surface area (Å²) in [6.07, 6.45) is 1.41. The van der Waals surface area contributed by atoms with Crippen LogP contribution in [0.4, 0.5) is 10.6 Å². The minimum atomic E-state index is -0.516. The van der Waals surface area contributed by atoms with Crippen molar-refractivity contribution in [2.45, 2.75) is 52.3 Å². The number of aryl methyl sites for hydroxylation is 1. The first kappa shape index (κ1) is 18.7. The van der Waals surface area contributed by atoms with Crippen molar-refractivity contribution in [1.82, 2.24) is 24.4 Å². The predicted octanol–water partition coefficient (Wildman–Crippen LogP) is 2.85. The van der Waals surface area contributed by atoms with Gasteiger partial charge in [0, 0.05) is 32.2 Å². The highest BCUT2D eigenvalue weighted by atomic mass is 35.5. The Balaban J connectivity index is 1.88. The lowest BCUT2D eigenvalue weighted by molar-refractivity contribution is 0.0130. The summed E-state index contributed by atoms with van der Waals surface area (Å²) in [7, 11) is 1.87. The lowest BCUT2D eigenvalue weighted by Gasteiger charge is -2.44. The fourth-order valence-electron chi connectivity index (χ4n) is 3.16. The van der Waals surface area contributed by atoms with Crippen LogP contribution >= 0.6 is 11.6 Å². The molecule has 2 aromatic heterocycles. The molecule has 0 saturated carbocycles. The van der Waals surface area contributed by atoms with E-state index in [1.165, 1.54) is 0 Å². The van der Waals surface area contributed by atoms with Crippen molar-refractivity contribution in [2.24, 2.45) is 7.05 Å². The molecular formula is C17H25ClN6O2. The highest BCUT2D eigenvalue weighted by Gasteiger charge is 2.36. The lowest BCUT2D eigenvalue weighted by Crippen LogP contribution is -2.59. The highest BCUT2D eigenvalue weighted by Crippen LogP contribution is 2.29. The quantitative estimate of drug-likeness (QED) is 0.708. The third-order valence-corrected chi connectivity index (χ3v) is 4.57. The Bertz CT molecular complexity index is 831. The van der Waals surface area contributed by atoms with Crippen molar-refractivity contribution >= 4 is 34.7 Å². The molecule has 142 valence electrons. The molecule has 0 unspecified atom stereocenters. The first-order valence-electron chi connectivity index (χ1n) is 8.67. The molecule has 2 atom stereocenters. The van der Waals surface area contributed by atoms with Crippen molar-refractivity contribution in [3.8, 4) is 0 Å². The molecule has 0 bridgehead atoms. The Morgan fingerprint density at radius 1 is 1.23 bits per heavy atom. The maximum atomic E-state index is 12.5. The largest absolute Gasteiger partial charge is 0.444 e. The van der Waals surface area contributed by atoms with Crippen molar-refractivity contribution in [2.75, 3.05) is 18.0 Å². The number of halogens is 1. The van der Waals surface area contributed by atoms with Gasteiger partial charge < -0.3 is 19.1 Å². The molecule has 8 nitrogen and oxygen atoms in total. The topological polar surface area (TPSA) is 76.4 Å². The number of hydrogen-bond donors (Lipinski definition) is 0. The van der Waals surface area contributed by atoms with E-state index in [4.69, 9.17) is 16.3 Å². The molecule has 1 aliphatic heterocycles. The van der Waals surface area contributed by atoms with E-state index < -0.39 is 5.60 Å². The zero-order valence-corrected chi connectivity index (χ0v) is 16.8. The lowest BCUT2D eigenvalue weighted by atomic mass is 10.1. The van der Waals surface area contributed by atoms with Crippen LogP contribution in [0.5, 0.6) is 0 Å². The fraction of sp³-hybridized carbons (Fsp3) is 0.647. The molecule has 0 spiro atoms. The number of carbonyl (C=O) groups excluding carboxylic acids is 1. The van der Waals surface area contributed by atoms with Gasteiger partial charge in [0.25, 0.3) is 0 Å². The summed E-state index contributed by atoms with van der Waals surface area (Å²) in [5, 5.41) is 0.186. The van der Waals surface area contributed by atoms with Gasteiger partial charge in [-0.3, -0.25) is 0 Å². The SMILES string of the molecule is C[C@@H]1CN(c2nc(Cl)nc3c2ncn3C)[C@@H](C)CN1C(=O)OC(C)(C)C. The van der Waals surface area contributed by atoms with Crippen molar-refractivity contribution in [3.63, 3.8) is 0 Å². The van der Waals surface area contributed by atoms with Gasteiger partial charge in [-0.25, -0.2) is 9.78 Å². The minimum Gasteiger partial charge on any atom is -0.444 e. The molecule has 1 amide bonds. The van der Waals surface area contributed by atoms with Gasteiger partial charge in [-0.05, 0) is 46.2 Å². The molecular weight excluding hydrogens is 356 g/mol. The number of rotatable bonds is 1. The van der Waals surface area contributed by atoms with Gasteiger partial charge in [-0.1, -0.05) is 0 Å². The summed E-state index contributed by atoms with van der Waals surface area (Å²) >= 11 is 6.13. The van der Waals surface area contributed by atoms with E-state index in [1.807, 2.05) is 46.2 Å². The van der Waals surface area contributed by atoms with Crippen molar-refractivity contribution in [3.05, 3.63) is 11.6 Å². The van der Waals surface area contributed by atoms with Gasteiger partial charge >= 0.3 is 6.09 Å². The third-order valence-electron chi connectivity index (χ3n) is 4.40. The van der Waals surface area contributed by atoms with Crippen LogP contribution in [-0.2, 0) is 11.8 Å². The van der Waals surface area contributed by atoms with Gasteiger partial charge in [0.1, 0.15) is 5.60 Å². The standard InChI is InChI=1S/C17H25ClN6O2/c1-10-8-24(16(25)26-17(3,4)5)11(2)7-23(10)14-12-13(20-15(18)21-14)22(6)9-19-12/h9-11H,7-8H2,1-6H3/t10-,11+/m0/s1. The van der Waals surface area contributed by atoms with Gasteiger partial charge in [-0.2, -0.15) is 9.97 Å². The third kappa shape index (κ3) is 3.56. The minimum absolute atomic E-state index is 0.0337. The summed E-state index contributed by atoms with van der Waals surface area (Å²) < 4.78 is 7.35. The number of ether oxygens (including phenoxy) is 1. The number of piperazine rings is 1. The number of nitrogens with zero attached hydrogens (tertiary/aromatic N) is 6. The first-order valence-corrected chi connectivity index (χ1v) is 9.05. The smallest absolute Gasteiger partial charge is 0.410 e. The number of fused-ring (bicyclic) bond motifs is 1. The van der Waals surface area contributed by atoms with E-state index >= 15 is 0 Å². The van der Waals surface area contributed by atoms with Crippen LogP contribution in [0.1, 0.15) is 34.6 Å². The molecule has 3 heterocycles. The van der Waals surface area contributed by atoms with Gasteiger partial charge in [0.2, 0.25) is 5.28 Å². The van der Waals surface area contributed by atoms with Crippen molar-refractivity contribution < 1.29 is 9.53 Å². The van der Waals surface area contributed by atoms with E-state index in [1.54, 1.807) is 11.2 Å². The average Bonchev–Trinajstić information content (AvgIpc) is 2.88. The Hall–Kier alpha value is -2.09. The molecule has 2 aromatic rings. The zero-order chi connectivity index (χ0) is 19.2. The maximum Gasteiger partial charge on any atom is 0.410 e. The maximum absolute atomic E-state index is 12.5. The summed E-state index contributed by atoms with van der Waals surface area (Å²) in [6, 6.07) is 0.00319. The van der Waals surface area contributed by atoms with Crippen LogP contribution in [0.3, 0.4) is 0 Å². The molecule has 3 rings (SSSR count). The summed E-state index contributed by atoms with van der Waals surface area (Å²) in [6.45, 7) is 10.8. The number of amides is 1. The molecule has 1 aliphatic rings. The monoisotopic (exact) mass is 380 g/mol. The van der Waals surface area contributed by atoms with Gasteiger partial charge in [0.15, 0.2) is 17.0 Å². The molecule has 0 N–H and O–H groups in total. The molecule has 0 radical (unpaired) electrons. The van der Waals surface area contributed by atoms with Crippen LogP contribution in [0, 0.1) is 0 Å². The summed E-state index contributed by atoms with van der Waals surface area (Å²) in [5.74, 6) is 0.698. The van der Waals surface area contributed by atoms with Crippen LogP contribution in [0.15, 0.2) is 6.33 Å². The second kappa shape index (κ2) is 6.57. The Labute approximate surface area is 158 Å². The Morgan fingerprint density at radius 3 is 2.58 bits per heavy atom. The zero-order valence-electron chi connectivity index (χ0n) is 16.0. The Kier molecular flexibility index (Phi) is 4.72. The first-order chi connectivity index (χ1) is 12.1.